The van der Waals surface area contributed by atoms with Crippen LogP contribution in [0.15, 0.2) is 35.0 Å². The molecule has 0 saturated carbocycles. The first-order chi connectivity index (χ1) is 14.0. The molecule has 1 N–H and O–H groups in total. The van der Waals surface area contributed by atoms with Crippen molar-refractivity contribution in [1.29, 1.82) is 0 Å². The van der Waals surface area contributed by atoms with Crippen molar-refractivity contribution in [2.45, 2.75) is 52.2 Å². The van der Waals surface area contributed by atoms with Gasteiger partial charge in [-0.05, 0) is 63.3 Å². The lowest BCUT2D eigenvalue weighted by Crippen LogP contribution is -2.17. The fourth-order valence-corrected chi connectivity index (χ4v) is 4.72. The largest absolute Gasteiger partial charge is 0.459 e. The van der Waals surface area contributed by atoms with Crippen LogP contribution in [0, 0.1) is 0 Å². The summed E-state index contributed by atoms with van der Waals surface area (Å²) in [5, 5.41) is 7.54. The van der Waals surface area contributed by atoms with Gasteiger partial charge in [0.2, 0.25) is 0 Å². The third kappa shape index (κ3) is 4.27. The van der Waals surface area contributed by atoms with E-state index in [1.807, 2.05) is 26.1 Å². The first-order valence-electron chi connectivity index (χ1n) is 9.74. The summed E-state index contributed by atoms with van der Waals surface area (Å²) in [7, 11) is 0. The Morgan fingerprint density at radius 1 is 1.31 bits per heavy atom. The van der Waals surface area contributed by atoms with E-state index in [0.717, 1.165) is 36.1 Å². The van der Waals surface area contributed by atoms with Gasteiger partial charge in [0.05, 0.1) is 18.2 Å². The van der Waals surface area contributed by atoms with E-state index < -0.39 is 0 Å². The Morgan fingerprint density at radius 2 is 2.14 bits per heavy atom. The fraction of sp³-hybridized carbons (Fsp3) is 0.381. The highest BCUT2D eigenvalue weighted by Gasteiger charge is 2.28. The van der Waals surface area contributed by atoms with Crippen LogP contribution in [-0.2, 0) is 24.1 Å². The number of rotatable bonds is 6. The van der Waals surface area contributed by atoms with Crippen LogP contribution in [0.2, 0.25) is 0 Å². The number of thiophene rings is 1. The molecule has 8 heteroatoms. The highest BCUT2D eigenvalue weighted by atomic mass is 32.1. The number of nitrogens with one attached hydrogen (secondary N) is 1. The molecule has 1 aliphatic rings. The molecular weight excluding hydrogens is 390 g/mol. The smallest absolute Gasteiger partial charge is 0.341 e. The summed E-state index contributed by atoms with van der Waals surface area (Å²) in [4.78, 5) is 26.6. The summed E-state index contributed by atoms with van der Waals surface area (Å²) in [6, 6.07) is 5.21. The van der Waals surface area contributed by atoms with Crippen molar-refractivity contribution >= 4 is 28.2 Å². The molecule has 3 aromatic heterocycles. The van der Waals surface area contributed by atoms with Crippen LogP contribution in [0.25, 0.3) is 0 Å². The summed E-state index contributed by atoms with van der Waals surface area (Å²) in [5.41, 5.74) is 1.51. The van der Waals surface area contributed by atoms with Gasteiger partial charge in [0.1, 0.15) is 10.8 Å². The molecule has 0 spiro atoms. The number of anilines is 1. The van der Waals surface area contributed by atoms with E-state index in [4.69, 9.17) is 9.15 Å². The highest BCUT2D eigenvalue weighted by Crippen LogP contribution is 2.39. The Balaban J connectivity index is 1.55. The van der Waals surface area contributed by atoms with Crippen molar-refractivity contribution in [3.63, 3.8) is 0 Å². The molecule has 0 radical (unpaired) electrons. The zero-order valence-corrected chi connectivity index (χ0v) is 17.3. The molecule has 3 heterocycles. The quantitative estimate of drug-likeness (QED) is 0.610. The second-order valence-corrected chi connectivity index (χ2v) is 8.40. The molecule has 1 amide bonds. The molecule has 0 aromatic carbocycles. The molecule has 29 heavy (non-hydrogen) atoms. The second-order valence-electron chi connectivity index (χ2n) is 7.29. The van der Waals surface area contributed by atoms with Crippen LogP contribution in [0.3, 0.4) is 0 Å². The number of ether oxygens (including phenoxy) is 1. The van der Waals surface area contributed by atoms with Crippen LogP contribution < -0.4 is 5.32 Å². The van der Waals surface area contributed by atoms with Gasteiger partial charge in [0.25, 0.3) is 5.91 Å². The summed E-state index contributed by atoms with van der Waals surface area (Å²) >= 11 is 1.46. The van der Waals surface area contributed by atoms with Crippen molar-refractivity contribution in [3.05, 3.63) is 58.1 Å². The molecular formula is C21H23N3O4S. The monoisotopic (exact) mass is 413 g/mol. The first kappa shape index (κ1) is 19.4. The number of hydrogen-bond acceptors (Lipinski definition) is 6. The topological polar surface area (TPSA) is 86.4 Å². The van der Waals surface area contributed by atoms with E-state index in [9.17, 15) is 9.59 Å². The average molecular weight is 413 g/mol. The van der Waals surface area contributed by atoms with Gasteiger partial charge < -0.3 is 14.5 Å². The van der Waals surface area contributed by atoms with E-state index >= 15 is 0 Å². The lowest BCUT2D eigenvalue weighted by molar-refractivity contribution is 0.0378. The summed E-state index contributed by atoms with van der Waals surface area (Å²) < 4.78 is 12.8. The van der Waals surface area contributed by atoms with Crippen molar-refractivity contribution in [2.75, 3.05) is 5.32 Å². The predicted molar refractivity (Wildman–Crippen MR) is 110 cm³/mol. The summed E-state index contributed by atoms with van der Waals surface area (Å²) in [5.74, 6) is 0.0629. The predicted octanol–water partition coefficient (Wildman–Crippen LogP) is 4.28. The fourth-order valence-electron chi connectivity index (χ4n) is 3.45. The van der Waals surface area contributed by atoms with Crippen molar-refractivity contribution in [3.8, 4) is 0 Å². The van der Waals surface area contributed by atoms with Gasteiger partial charge in [-0.25, -0.2) is 4.79 Å². The number of amides is 1. The normalized spacial score (nSPS) is 13.3. The molecule has 152 valence electrons. The summed E-state index contributed by atoms with van der Waals surface area (Å²) in [6.07, 6.45) is 7.17. The Kier molecular flexibility index (Phi) is 5.53. The van der Waals surface area contributed by atoms with Gasteiger partial charge in [-0.2, -0.15) is 5.10 Å². The van der Waals surface area contributed by atoms with Crippen LogP contribution in [-0.4, -0.2) is 27.8 Å². The molecule has 1 aliphatic carbocycles. The number of carbonyl (C=O) groups is 2. The number of carbonyl (C=O) groups excluding carboxylic acids is 2. The van der Waals surface area contributed by atoms with E-state index in [1.54, 1.807) is 23.0 Å². The molecule has 0 bridgehead atoms. The molecule has 7 nitrogen and oxygen atoms in total. The van der Waals surface area contributed by atoms with Crippen molar-refractivity contribution in [2.24, 2.45) is 0 Å². The SMILES string of the molecule is CC(C)OC(=O)c1c(NC(=O)c2ccc(Cn3cccn3)o2)sc2c1CCCC2. The van der Waals surface area contributed by atoms with E-state index in [2.05, 4.69) is 10.4 Å². The van der Waals surface area contributed by atoms with E-state index in [0.29, 0.717) is 22.9 Å². The maximum Gasteiger partial charge on any atom is 0.341 e. The van der Waals surface area contributed by atoms with E-state index in [-0.39, 0.29) is 23.7 Å². The molecule has 0 aliphatic heterocycles. The maximum atomic E-state index is 12.8. The number of hydrogen-bond donors (Lipinski definition) is 1. The van der Waals surface area contributed by atoms with Gasteiger partial charge >= 0.3 is 5.97 Å². The lowest BCUT2D eigenvalue weighted by atomic mass is 9.95. The molecule has 3 aromatic rings. The van der Waals surface area contributed by atoms with Gasteiger partial charge in [-0.3, -0.25) is 9.48 Å². The number of esters is 1. The Hall–Kier alpha value is -2.87. The Morgan fingerprint density at radius 3 is 2.90 bits per heavy atom. The van der Waals surface area contributed by atoms with Gasteiger partial charge in [0.15, 0.2) is 5.76 Å². The minimum Gasteiger partial charge on any atom is -0.459 e. The summed E-state index contributed by atoms with van der Waals surface area (Å²) in [6.45, 7) is 4.08. The number of aryl methyl sites for hydroxylation is 1. The second kappa shape index (κ2) is 8.24. The Labute approximate surface area is 172 Å². The minimum atomic E-state index is -0.381. The van der Waals surface area contributed by atoms with Crippen LogP contribution >= 0.6 is 11.3 Å². The third-order valence-corrected chi connectivity index (χ3v) is 5.91. The average Bonchev–Trinajstić information content (AvgIpc) is 3.40. The van der Waals surface area contributed by atoms with Gasteiger partial charge in [-0.15, -0.1) is 11.3 Å². The first-order valence-corrected chi connectivity index (χ1v) is 10.6. The molecule has 0 fully saturated rings. The van der Waals surface area contributed by atoms with Gasteiger partial charge in [0, 0.05) is 17.3 Å². The van der Waals surface area contributed by atoms with Crippen molar-refractivity contribution < 1.29 is 18.7 Å². The zero-order chi connectivity index (χ0) is 20.4. The lowest BCUT2D eigenvalue weighted by Gasteiger charge is -2.14. The number of aromatic nitrogens is 2. The third-order valence-electron chi connectivity index (χ3n) is 4.71. The van der Waals surface area contributed by atoms with Crippen molar-refractivity contribution in [1.82, 2.24) is 9.78 Å². The standard InChI is InChI=1S/C21H23N3O4S/c1-13(2)27-21(26)18-15-6-3-4-7-17(15)29-20(18)23-19(25)16-9-8-14(28-16)12-24-11-5-10-22-24/h5,8-11,13H,3-4,6-7,12H2,1-2H3,(H,23,25). The van der Waals surface area contributed by atoms with Gasteiger partial charge in [-0.1, -0.05) is 0 Å². The molecule has 0 atom stereocenters. The van der Waals surface area contributed by atoms with E-state index in [1.165, 1.54) is 11.3 Å². The molecule has 0 saturated heterocycles. The molecule has 4 rings (SSSR count). The van der Waals surface area contributed by atoms with Crippen LogP contribution in [0.4, 0.5) is 5.00 Å². The maximum absolute atomic E-state index is 12.8. The zero-order valence-electron chi connectivity index (χ0n) is 16.4. The number of fused-ring (bicyclic) bond motifs is 1. The minimum absolute atomic E-state index is 0.196. The number of nitrogens with zero attached hydrogens (tertiary/aromatic N) is 2. The Bertz CT molecular complexity index is 1020. The van der Waals surface area contributed by atoms with Crippen LogP contribution in [0.1, 0.15) is 63.8 Å². The van der Waals surface area contributed by atoms with Crippen LogP contribution in [0.5, 0.6) is 0 Å². The highest BCUT2D eigenvalue weighted by molar-refractivity contribution is 7.17. The number of furan rings is 1. The molecule has 0 unspecified atom stereocenters.